The fraction of sp³-hybridized carbons (Fsp3) is 0.312. The third-order valence-corrected chi connectivity index (χ3v) is 3.27. The van der Waals surface area contributed by atoms with Gasteiger partial charge in [0.05, 0.1) is 0 Å². The van der Waals surface area contributed by atoms with Crippen molar-refractivity contribution in [3.8, 4) is 17.5 Å². The molecule has 0 spiro atoms. The van der Waals surface area contributed by atoms with Crippen LogP contribution in [0.25, 0.3) is 11.4 Å². The molecule has 4 heteroatoms. The number of hydrogen-bond donors (Lipinski definition) is 1. The minimum absolute atomic E-state index is 0.369. The van der Waals surface area contributed by atoms with Crippen LogP contribution in [-0.4, -0.2) is 17.0 Å². The molecule has 0 radical (unpaired) electrons. The second-order valence-corrected chi connectivity index (χ2v) is 5.05. The Morgan fingerprint density at radius 1 is 1.20 bits per heavy atom. The van der Waals surface area contributed by atoms with Crippen LogP contribution < -0.4 is 5.32 Å². The largest absolute Gasteiger partial charge is 0.373 e. The number of benzene rings is 1. The van der Waals surface area contributed by atoms with Gasteiger partial charge in [0.15, 0.2) is 5.82 Å². The molecular formula is C16H18N4. The number of rotatable bonds is 3. The zero-order valence-corrected chi connectivity index (χ0v) is 12.2. The van der Waals surface area contributed by atoms with Crippen molar-refractivity contribution in [2.75, 3.05) is 12.4 Å². The molecule has 0 aliphatic carbocycles. The smallest absolute Gasteiger partial charge is 0.163 e. The molecule has 1 aromatic carbocycles. The molecule has 2 rings (SSSR count). The molecule has 0 aliphatic heterocycles. The molecule has 0 saturated heterocycles. The Labute approximate surface area is 119 Å². The molecule has 2 aromatic rings. The standard InChI is InChI=1S/C16H18N4/c1-10(2)12-6-5-11(3)14(7-12)16-19-13(9-17)8-15(18-4)20-16/h5-8,10H,1-4H3,(H,18,19,20). The maximum Gasteiger partial charge on any atom is 0.163 e. The van der Waals surface area contributed by atoms with E-state index >= 15 is 0 Å². The fourth-order valence-electron chi connectivity index (χ4n) is 1.99. The van der Waals surface area contributed by atoms with Crippen LogP contribution in [0.15, 0.2) is 24.3 Å². The quantitative estimate of drug-likeness (QED) is 0.923. The van der Waals surface area contributed by atoms with E-state index in [1.807, 2.05) is 6.92 Å². The topological polar surface area (TPSA) is 61.6 Å². The lowest BCUT2D eigenvalue weighted by atomic mass is 9.97. The molecule has 1 aromatic heterocycles. The van der Waals surface area contributed by atoms with Crippen molar-refractivity contribution in [1.29, 1.82) is 5.26 Å². The summed E-state index contributed by atoms with van der Waals surface area (Å²) in [5.74, 6) is 1.69. The van der Waals surface area contributed by atoms with Gasteiger partial charge in [-0.2, -0.15) is 5.26 Å². The first-order valence-electron chi connectivity index (χ1n) is 6.63. The van der Waals surface area contributed by atoms with Crippen LogP contribution in [0.2, 0.25) is 0 Å². The van der Waals surface area contributed by atoms with E-state index in [0.717, 1.165) is 11.1 Å². The van der Waals surface area contributed by atoms with Crippen LogP contribution in [0.5, 0.6) is 0 Å². The fourth-order valence-corrected chi connectivity index (χ4v) is 1.99. The summed E-state index contributed by atoms with van der Waals surface area (Å²) >= 11 is 0. The number of aromatic nitrogens is 2. The minimum Gasteiger partial charge on any atom is -0.373 e. The molecule has 0 aliphatic rings. The SMILES string of the molecule is CNc1cc(C#N)nc(-c2cc(C(C)C)ccc2C)n1. The van der Waals surface area contributed by atoms with Gasteiger partial charge < -0.3 is 5.32 Å². The van der Waals surface area contributed by atoms with Crippen molar-refractivity contribution < 1.29 is 0 Å². The molecule has 1 heterocycles. The summed E-state index contributed by atoms with van der Waals surface area (Å²) < 4.78 is 0. The number of aryl methyl sites for hydroxylation is 1. The first kappa shape index (κ1) is 14.0. The lowest BCUT2D eigenvalue weighted by Gasteiger charge is -2.11. The molecule has 102 valence electrons. The Bertz CT molecular complexity index is 669. The lowest BCUT2D eigenvalue weighted by Crippen LogP contribution is -2.00. The molecule has 0 bridgehead atoms. The first-order valence-corrected chi connectivity index (χ1v) is 6.63. The average Bonchev–Trinajstić information content (AvgIpc) is 2.46. The Balaban J connectivity index is 2.61. The Morgan fingerprint density at radius 2 is 1.95 bits per heavy atom. The summed E-state index contributed by atoms with van der Waals surface area (Å²) in [6.07, 6.45) is 0. The van der Waals surface area contributed by atoms with Crippen LogP contribution in [0, 0.1) is 18.3 Å². The van der Waals surface area contributed by atoms with Crippen molar-refractivity contribution in [3.05, 3.63) is 41.1 Å². The van der Waals surface area contributed by atoms with Gasteiger partial charge in [0, 0.05) is 18.7 Å². The highest BCUT2D eigenvalue weighted by Gasteiger charge is 2.11. The van der Waals surface area contributed by atoms with E-state index < -0.39 is 0 Å². The third-order valence-electron chi connectivity index (χ3n) is 3.27. The van der Waals surface area contributed by atoms with E-state index in [9.17, 15) is 0 Å². The number of nitrogens with one attached hydrogen (secondary N) is 1. The number of hydrogen-bond acceptors (Lipinski definition) is 4. The van der Waals surface area contributed by atoms with Crippen molar-refractivity contribution >= 4 is 5.82 Å². The van der Waals surface area contributed by atoms with Gasteiger partial charge in [0.2, 0.25) is 0 Å². The zero-order valence-electron chi connectivity index (χ0n) is 12.2. The van der Waals surface area contributed by atoms with Crippen molar-refractivity contribution in [3.63, 3.8) is 0 Å². The van der Waals surface area contributed by atoms with Crippen molar-refractivity contribution in [2.45, 2.75) is 26.7 Å². The van der Waals surface area contributed by atoms with E-state index in [2.05, 4.69) is 53.4 Å². The van der Waals surface area contributed by atoms with E-state index in [1.54, 1.807) is 13.1 Å². The summed E-state index contributed by atoms with van der Waals surface area (Å²) in [7, 11) is 1.78. The first-order chi connectivity index (χ1) is 9.55. The summed E-state index contributed by atoms with van der Waals surface area (Å²) in [5.41, 5.74) is 3.69. The van der Waals surface area contributed by atoms with Crippen molar-refractivity contribution in [2.24, 2.45) is 0 Å². The lowest BCUT2D eigenvalue weighted by molar-refractivity contribution is 0.866. The maximum atomic E-state index is 9.07. The molecule has 20 heavy (non-hydrogen) atoms. The second kappa shape index (κ2) is 5.70. The summed E-state index contributed by atoms with van der Waals surface area (Å²) in [6.45, 7) is 6.33. The highest BCUT2D eigenvalue weighted by Crippen LogP contribution is 2.26. The van der Waals surface area contributed by atoms with E-state index in [4.69, 9.17) is 5.26 Å². The summed E-state index contributed by atoms with van der Waals surface area (Å²) in [4.78, 5) is 8.78. The Hall–Kier alpha value is -2.41. The number of anilines is 1. The van der Waals surface area contributed by atoms with Crippen LogP contribution in [0.4, 0.5) is 5.82 Å². The molecule has 0 unspecified atom stereocenters. The van der Waals surface area contributed by atoms with Crippen molar-refractivity contribution in [1.82, 2.24) is 9.97 Å². The zero-order chi connectivity index (χ0) is 14.7. The maximum absolute atomic E-state index is 9.07. The molecule has 0 amide bonds. The van der Waals surface area contributed by atoms with E-state index in [1.165, 1.54) is 5.56 Å². The summed E-state index contributed by atoms with van der Waals surface area (Å²) in [5, 5.41) is 12.0. The highest BCUT2D eigenvalue weighted by atomic mass is 15.0. The van der Waals surface area contributed by atoms with E-state index in [0.29, 0.717) is 23.3 Å². The van der Waals surface area contributed by atoms with Gasteiger partial charge in [-0.25, -0.2) is 9.97 Å². The number of nitrogens with zero attached hydrogens (tertiary/aromatic N) is 3. The third kappa shape index (κ3) is 2.77. The van der Waals surface area contributed by atoms with Crippen LogP contribution in [-0.2, 0) is 0 Å². The number of nitriles is 1. The van der Waals surface area contributed by atoms with Crippen LogP contribution in [0.3, 0.4) is 0 Å². The molecular weight excluding hydrogens is 248 g/mol. The average molecular weight is 266 g/mol. The highest BCUT2D eigenvalue weighted by molar-refractivity contribution is 5.63. The molecule has 4 nitrogen and oxygen atoms in total. The minimum atomic E-state index is 0.369. The van der Waals surface area contributed by atoms with Gasteiger partial charge in [-0.1, -0.05) is 26.0 Å². The van der Waals surface area contributed by atoms with Gasteiger partial charge in [0.25, 0.3) is 0 Å². The Kier molecular flexibility index (Phi) is 3.99. The second-order valence-electron chi connectivity index (χ2n) is 5.05. The summed E-state index contributed by atoms with van der Waals surface area (Å²) in [6, 6.07) is 10.0. The molecule has 0 fully saturated rings. The normalized spacial score (nSPS) is 10.4. The van der Waals surface area contributed by atoms with Crippen LogP contribution >= 0.6 is 0 Å². The molecule has 1 N–H and O–H groups in total. The van der Waals surface area contributed by atoms with E-state index in [-0.39, 0.29) is 0 Å². The Morgan fingerprint density at radius 3 is 2.55 bits per heavy atom. The van der Waals surface area contributed by atoms with Gasteiger partial charge in [-0.3, -0.25) is 0 Å². The van der Waals surface area contributed by atoms with Crippen LogP contribution in [0.1, 0.15) is 36.6 Å². The monoisotopic (exact) mass is 266 g/mol. The predicted octanol–water partition coefficient (Wildman–Crippen LogP) is 3.49. The van der Waals surface area contributed by atoms with Gasteiger partial charge >= 0.3 is 0 Å². The van der Waals surface area contributed by atoms with Gasteiger partial charge in [-0.15, -0.1) is 0 Å². The molecule has 0 saturated carbocycles. The predicted molar refractivity (Wildman–Crippen MR) is 80.6 cm³/mol. The van der Waals surface area contributed by atoms with Gasteiger partial charge in [-0.05, 0) is 30.0 Å². The molecule has 0 atom stereocenters. The van der Waals surface area contributed by atoms with Gasteiger partial charge in [0.1, 0.15) is 17.6 Å².